The number of Topliss-reactive ketones (excluding diaryl/α,β-unsaturated/α-hetero) is 1. The third kappa shape index (κ3) is 5.08. The van der Waals surface area contributed by atoms with Crippen molar-refractivity contribution in [2.75, 3.05) is 13.2 Å². The second-order valence-electron chi connectivity index (χ2n) is 8.12. The standard InChI is InChI=1S/C21H28N4O4S/c1-24-14-20(22-15-24)30(27,28)23-25-12-2-4-18(25)5-3-13-29-19-10-8-17(9-11-19)21(26)16-6-7-16/h8-11,14-16,18,23H,2-7,12-13H2,1H3/t18-/m1/s1. The van der Waals surface area contributed by atoms with Gasteiger partial charge in [-0.1, -0.05) is 0 Å². The average Bonchev–Trinajstić information content (AvgIpc) is 3.34. The number of aryl methyl sites for hydroxylation is 1. The fourth-order valence-electron chi connectivity index (χ4n) is 3.79. The number of imidazole rings is 1. The number of ketones is 1. The van der Waals surface area contributed by atoms with E-state index >= 15 is 0 Å². The molecule has 1 aromatic carbocycles. The Labute approximate surface area is 177 Å². The molecular formula is C21H28N4O4S. The molecule has 0 unspecified atom stereocenters. The molecule has 2 aromatic rings. The van der Waals surface area contributed by atoms with E-state index in [1.165, 1.54) is 12.5 Å². The maximum absolute atomic E-state index is 12.5. The minimum Gasteiger partial charge on any atom is -0.494 e. The average molecular weight is 433 g/mol. The lowest BCUT2D eigenvalue weighted by atomic mass is 10.1. The van der Waals surface area contributed by atoms with E-state index in [0.29, 0.717) is 13.2 Å². The number of hydrogen-bond acceptors (Lipinski definition) is 6. The minimum atomic E-state index is -3.66. The molecule has 1 atom stereocenters. The van der Waals surface area contributed by atoms with Crippen LogP contribution in [0.3, 0.4) is 0 Å². The molecule has 0 amide bonds. The van der Waals surface area contributed by atoms with Crippen molar-refractivity contribution in [1.82, 2.24) is 19.4 Å². The zero-order valence-electron chi connectivity index (χ0n) is 17.2. The van der Waals surface area contributed by atoms with Crippen molar-refractivity contribution >= 4 is 15.8 Å². The number of hydrogen-bond donors (Lipinski definition) is 1. The Balaban J connectivity index is 1.23. The first-order valence-corrected chi connectivity index (χ1v) is 11.9. The highest BCUT2D eigenvalue weighted by Crippen LogP contribution is 2.33. The highest BCUT2D eigenvalue weighted by Gasteiger charge is 2.31. The Morgan fingerprint density at radius 3 is 2.67 bits per heavy atom. The van der Waals surface area contributed by atoms with Gasteiger partial charge in [-0.3, -0.25) is 4.79 Å². The Morgan fingerprint density at radius 2 is 2.00 bits per heavy atom. The molecule has 1 N–H and O–H groups in total. The maximum Gasteiger partial charge on any atom is 0.272 e. The molecule has 9 heteroatoms. The lowest BCUT2D eigenvalue weighted by Crippen LogP contribution is -2.45. The first kappa shape index (κ1) is 21.0. The number of hydrazine groups is 1. The molecule has 162 valence electrons. The predicted molar refractivity (Wildman–Crippen MR) is 111 cm³/mol. The summed E-state index contributed by atoms with van der Waals surface area (Å²) in [7, 11) is -1.92. The quantitative estimate of drug-likeness (QED) is 0.458. The molecular weight excluding hydrogens is 404 g/mol. The number of carbonyl (C=O) groups excluding carboxylic acids is 1. The van der Waals surface area contributed by atoms with Gasteiger partial charge in [-0.25, -0.2) is 18.4 Å². The largest absolute Gasteiger partial charge is 0.494 e. The first-order valence-electron chi connectivity index (χ1n) is 10.5. The minimum absolute atomic E-state index is 0.0302. The summed E-state index contributed by atoms with van der Waals surface area (Å²) in [4.78, 5) is 18.7. The number of aromatic nitrogens is 2. The van der Waals surface area contributed by atoms with Gasteiger partial charge in [-0.2, -0.15) is 0 Å². The van der Waals surface area contributed by atoms with Gasteiger partial charge in [-0.15, -0.1) is 4.83 Å². The molecule has 1 saturated heterocycles. The van der Waals surface area contributed by atoms with Crippen LogP contribution < -0.4 is 9.57 Å². The third-order valence-electron chi connectivity index (χ3n) is 5.61. The topological polar surface area (TPSA) is 93.5 Å². The number of rotatable bonds is 10. The van der Waals surface area contributed by atoms with Crippen LogP contribution >= 0.6 is 0 Å². The van der Waals surface area contributed by atoms with E-state index in [-0.39, 0.29) is 22.8 Å². The molecule has 1 aliphatic carbocycles. The number of benzene rings is 1. The van der Waals surface area contributed by atoms with Crippen LogP contribution in [0.5, 0.6) is 5.75 Å². The van der Waals surface area contributed by atoms with Crippen molar-refractivity contribution in [1.29, 1.82) is 0 Å². The third-order valence-corrected chi connectivity index (χ3v) is 6.84. The summed E-state index contributed by atoms with van der Waals surface area (Å²) in [6, 6.07) is 7.50. The van der Waals surface area contributed by atoms with Crippen LogP contribution in [0.2, 0.25) is 0 Å². The number of carbonyl (C=O) groups is 1. The highest BCUT2D eigenvalue weighted by atomic mass is 32.2. The smallest absolute Gasteiger partial charge is 0.272 e. The molecule has 2 heterocycles. The second kappa shape index (κ2) is 8.87. The van der Waals surface area contributed by atoms with Crippen molar-refractivity contribution in [3.63, 3.8) is 0 Å². The van der Waals surface area contributed by atoms with Gasteiger partial charge in [0.05, 0.1) is 12.9 Å². The van der Waals surface area contributed by atoms with Crippen molar-refractivity contribution in [3.8, 4) is 5.75 Å². The van der Waals surface area contributed by atoms with Crippen molar-refractivity contribution < 1.29 is 17.9 Å². The summed E-state index contributed by atoms with van der Waals surface area (Å²) in [5.41, 5.74) is 0.756. The Hall–Kier alpha value is -2.23. The van der Waals surface area contributed by atoms with Gasteiger partial charge in [0.2, 0.25) is 0 Å². The van der Waals surface area contributed by atoms with Gasteiger partial charge in [0.1, 0.15) is 5.75 Å². The lowest BCUT2D eigenvalue weighted by molar-refractivity contribution is 0.0967. The highest BCUT2D eigenvalue weighted by molar-refractivity contribution is 7.89. The molecule has 1 aromatic heterocycles. The normalized spacial score (nSPS) is 19.8. The monoisotopic (exact) mass is 432 g/mol. The summed E-state index contributed by atoms with van der Waals surface area (Å²) >= 11 is 0. The molecule has 0 radical (unpaired) electrons. The molecule has 0 spiro atoms. The van der Waals surface area contributed by atoms with E-state index in [9.17, 15) is 13.2 Å². The molecule has 30 heavy (non-hydrogen) atoms. The predicted octanol–water partition coefficient (Wildman–Crippen LogP) is 2.53. The van der Waals surface area contributed by atoms with Crippen molar-refractivity contribution in [3.05, 3.63) is 42.4 Å². The molecule has 1 saturated carbocycles. The van der Waals surface area contributed by atoms with Gasteiger partial charge in [0.25, 0.3) is 10.0 Å². The van der Waals surface area contributed by atoms with Crippen molar-refractivity contribution in [2.45, 2.75) is 49.6 Å². The number of ether oxygens (including phenoxy) is 1. The van der Waals surface area contributed by atoms with Gasteiger partial charge in [-0.05, 0) is 62.8 Å². The summed E-state index contributed by atoms with van der Waals surface area (Å²) in [5.74, 6) is 1.21. The fourth-order valence-corrected chi connectivity index (χ4v) is 4.92. The van der Waals surface area contributed by atoms with E-state index in [1.54, 1.807) is 11.6 Å². The zero-order chi connectivity index (χ0) is 21.1. The summed E-state index contributed by atoms with van der Waals surface area (Å²) < 4.78 is 32.4. The summed E-state index contributed by atoms with van der Waals surface area (Å²) in [6.07, 6.45) is 8.53. The van der Waals surface area contributed by atoms with Crippen LogP contribution in [0.15, 0.2) is 41.8 Å². The van der Waals surface area contributed by atoms with E-state index < -0.39 is 10.0 Å². The molecule has 8 nitrogen and oxygen atoms in total. The van der Waals surface area contributed by atoms with E-state index in [2.05, 4.69) is 9.82 Å². The van der Waals surface area contributed by atoms with Gasteiger partial charge in [0, 0.05) is 37.3 Å². The van der Waals surface area contributed by atoms with Crippen molar-refractivity contribution in [2.24, 2.45) is 13.0 Å². The van der Waals surface area contributed by atoms with Crippen LogP contribution in [0, 0.1) is 5.92 Å². The van der Waals surface area contributed by atoms with Gasteiger partial charge < -0.3 is 9.30 Å². The Morgan fingerprint density at radius 1 is 1.23 bits per heavy atom. The Kier molecular flexibility index (Phi) is 6.21. The zero-order valence-corrected chi connectivity index (χ0v) is 18.0. The molecule has 1 aliphatic heterocycles. The van der Waals surface area contributed by atoms with Crippen LogP contribution in [-0.2, 0) is 17.1 Å². The van der Waals surface area contributed by atoms with E-state index in [1.807, 2.05) is 29.3 Å². The summed E-state index contributed by atoms with van der Waals surface area (Å²) in [5, 5.41) is 1.84. The van der Waals surface area contributed by atoms with E-state index in [0.717, 1.165) is 49.8 Å². The van der Waals surface area contributed by atoms with Crippen LogP contribution in [0.4, 0.5) is 0 Å². The lowest BCUT2D eigenvalue weighted by Gasteiger charge is -2.24. The van der Waals surface area contributed by atoms with Gasteiger partial charge in [0.15, 0.2) is 10.8 Å². The fraction of sp³-hybridized carbons (Fsp3) is 0.524. The Bertz CT molecular complexity index is 983. The van der Waals surface area contributed by atoms with E-state index in [4.69, 9.17) is 4.74 Å². The second-order valence-corrected chi connectivity index (χ2v) is 9.72. The van der Waals surface area contributed by atoms with Crippen LogP contribution in [0.1, 0.15) is 48.9 Å². The van der Waals surface area contributed by atoms with Crippen LogP contribution in [-0.4, -0.2) is 48.0 Å². The first-order chi connectivity index (χ1) is 14.4. The molecule has 2 aliphatic rings. The summed E-state index contributed by atoms with van der Waals surface area (Å²) in [6.45, 7) is 1.24. The van der Waals surface area contributed by atoms with Crippen LogP contribution in [0.25, 0.3) is 0 Å². The maximum atomic E-state index is 12.5. The number of sulfonamides is 1. The number of nitrogens with one attached hydrogen (secondary N) is 1. The molecule has 4 rings (SSSR count). The number of nitrogens with zero attached hydrogens (tertiary/aromatic N) is 3. The molecule has 0 bridgehead atoms. The van der Waals surface area contributed by atoms with Gasteiger partial charge >= 0.3 is 0 Å². The SMILES string of the molecule is Cn1cnc(S(=O)(=O)NN2CCC[C@@H]2CCCOc2ccc(C(=O)C3CC3)cc2)c1. The molecule has 2 fully saturated rings.